The molecule has 0 spiro atoms. The van der Waals surface area contributed by atoms with Crippen molar-refractivity contribution in [3.8, 4) is 11.4 Å². The van der Waals surface area contributed by atoms with Gasteiger partial charge in [0, 0.05) is 5.56 Å². The van der Waals surface area contributed by atoms with Gasteiger partial charge in [0.2, 0.25) is 5.95 Å². The van der Waals surface area contributed by atoms with Gasteiger partial charge in [-0.2, -0.15) is 4.39 Å². The fourth-order valence-corrected chi connectivity index (χ4v) is 1.29. The molecule has 0 fully saturated rings. The average Bonchev–Trinajstić information content (AvgIpc) is 2.48. The van der Waals surface area contributed by atoms with Crippen molar-refractivity contribution in [1.29, 1.82) is 0 Å². The lowest BCUT2D eigenvalue weighted by Crippen LogP contribution is -1.80. The van der Waals surface area contributed by atoms with Crippen LogP contribution in [0.5, 0.6) is 0 Å². The quantitative estimate of drug-likeness (QED) is 0.736. The second kappa shape index (κ2) is 3.25. The van der Waals surface area contributed by atoms with Crippen LogP contribution in [0.25, 0.3) is 11.4 Å². The maximum atomic E-state index is 13.0. The second-order valence-corrected chi connectivity index (χ2v) is 3.37. The van der Waals surface area contributed by atoms with Crippen LogP contribution in [0, 0.1) is 19.8 Å². The number of imidazole rings is 1. The number of rotatable bonds is 1. The van der Waals surface area contributed by atoms with Crippen molar-refractivity contribution < 1.29 is 4.39 Å². The molecule has 2 nitrogen and oxygen atoms in total. The molecule has 2 rings (SSSR count). The molecule has 1 heterocycles. The number of halogens is 1. The first-order chi connectivity index (χ1) is 6.66. The lowest BCUT2D eigenvalue weighted by atomic mass is 10.1. The summed E-state index contributed by atoms with van der Waals surface area (Å²) in [5.41, 5.74) is 2.56. The van der Waals surface area contributed by atoms with Gasteiger partial charge < -0.3 is 4.98 Å². The lowest BCUT2D eigenvalue weighted by molar-refractivity contribution is 0.582. The van der Waals surface area contributed by atoms with E-state index in [9.17, 15) is 4.39 Å². The van der Waals surface area contributed by atoms with Gasteiger partial charge in [-0.3, -0.25) is 0 Å². The largest absolute Gasteiger partial charge is 0.340 e. The van der Waals surface area contributed by atoms with Crippen molar-refractivity contribution in [2.75, 3.05) is 0 Å². The molecule has 0 aliphatic heterocycles. The minimum atomic E-state index is -0.430. The van der Waals surface area contributed by atoms with Crippen molar-refractivity contribution in [2.24, 2.45) is 0 Å². The molecule has 0 aliphatic rings. The van der Waals surface area contributed by atoms with E-state index in [2.05, 4.69) is 9.97 Å². The van der Waals surface area contributed by atoms with E-state index in [4.69, 9.17) is 0 Å². The Morgan fingerprint density at radius 2 is 1.79 bits per heavy atom. The summed E-state index contributed by atoms with van der Waals surface area (Å²) < 4.78 is 13.0. The standard InChI is InChI=1S/C11H11FN2/c1-7-3-5-9(6-4-7)11-13-8(2)10(12)14-11/h3-6H,1-2H3,(H,13,14). The normalized spacial score (nSPS) is 10.5. The summed E-state index contributed by atoms with van der Waals surface area (Å²) in [6.07, 6.45) is 0. The van der Waals surface area contributed by atoms with Crippen LogP contribution >= 0.6 is 0 Å². The zero-order valence-corrected chi connectivity index (χ0v) is 8.13. The predicted octanol–water partition coefficient (Wildman–Crippen LogP) is 2.83. The summed E-state index contributed by atoms with van der Waals surface area (Å²) in [6, 6.07) is 7.80. The van der Waals surface area contributed by atoms with E-state index in [1.54, 1.807) is 6.92 Å². The van der Waals surface area contributed by atoms with E-state index in [-0.39, 0.29) is 0 Å². The molecule has 0 saturated carbocycles. The summed E-state index contributed by atoms with van der Waals surface area (Å²) in [5.74, 6) is 0.153. The smallest absolute Gasteiger partial charge is 0.234 e. The van der Waals surface area contributed by atoms with Gasteiger partial charge in [0.05, 0.1) is 5.69 Å². The molecular weight excluding hydrogens is 179 g/mol. The van der Waals surface area contributed by atoms with Crippen LogP contribution in [0.3, 0.4) is 0 Å². The zero-order valence-electron chi connectivity index (χ0n) is 8.13. The van der Waals surface area contributed by atoms with Crippen molar-refractivity contribution >= 4 is 0 Å². The molecule has 1 aromatic heterocycles. The molecule has 0 amide bonds. The van der Waals surface area contributed by atoms with E-state index in [0.717, 1.165) is 5.56 Å². The van der Waals surface area contributed by atoms with Crippen molar-refractivity contribution in [2.45, 2.75) is 13.8 Å². The van der Waals surface area contributed by atoms with Gasteiger partial charge in [-0.25, -0.2) is 4.98 Å². The molecule has 0 unspecified atom stereocenters. The summed E-state index contributed by atoms with van der Waals surface area (Å²) in [6.45, 7) is 3.68. The van der Waals surface area contributed by atoms with Crippen LogP contribution in [0.2, 0.25) is 0 Å². The van der Waals surface area contributed by atoms with E-state index >= 15 is 0 Å². The van der Waals surface area contributed by atoms with Gasteiger partial charge in [0.25, 0.3) is 0 Å². The average molecular weight is 190 g/mol. The highest BCUT2D eigenvalue weighted by Crippen LogP contribution is 2.17. The third-order valence-electron chi connectivity index (χ3n) is 2.15. The van der Waals surface area contributed by atoms with Gasteiger partial charge in [-0.05, 0) is 13.8 Å². The fourth-order valence-electron chi connectivity index (χ4n) is 1.29. The Morgan fingerprint density at radius 1 is 1.14 bits per heavy atom. The Labute approximate surface area is 81.8 Å². The molecule has 14 heavy (non-hydrogen) atoms. The van der Waals surface area contributed by atoms with E-state index < -0.39 is 5.95 Å². The molecule has 0 saturated heterocycles. The summed E-state index contributed by atoms with van der Waals surface area (Å²) in [4.78, 5) is 6.68. The minimum Gasteiger partial charge on any atom is -0.340 e. The Kier molecular flexibility index (Phi) is 2.08. The molecule has 2 aromatic rings. The van der Waals surface area contributed by atoms with Crippen LogP contribution < -0.4 is 0 Å². The molecule has 1 N–H and O–H groups in total. The molecule has 0 radical (unpaired) electrons. The van der Waals surface area contributed by atoms with Crippen molar-refractivity contribution in [3.63, 3.8) is 0 Å². The number of hydrogen-bond acceptors (Lipinski definition) is 1. The minimum absolute atomic E-state index is 0.430. The summed E-state index contributed by atoms with van der Waals surface area (Å²) in [7, 11) is 0. The van der Waals surface area contributed by atoms with Gasteiger partial charge in [-0.15, -0.1) is 0 Å². The van der Waals surface area contributed by atoms with E-state index in [1.807, 2.05) is 31.2 Å². The number of nitrogens with zero attached hydrogens (tertiary/aromatic N) is 1. The van der Waals surface area contributed by atoms with Crippen LogP contribution in [-0.2, 0) is 0 Å². The van der Waals surface area contributed by atoms with Crippen LogP contribution in [-0.4, -0.2) is 9.97 Å². The number of hydrogen-bond donors (Lipinski definition) is 1. The monoisotopic (exact) mass is 190 g/mol. The highest BCUT2D eigenvalue weighted by atomic mass is 19.1. The predicted molar refractivity (Wildman–Crippen MR) is 53.5 cm³/mol. The van der Waals surface area contributed by atoms with Gasteiger partial charge in [0.1, 0.15) is 5.82 Å². The Morgan fingerprint density at radius 3 is 2.29 bits per heavy atom. The molecule has 3 heteroatoms. The fraction of sp³-hybridized carbons (Fsp3) is 0.182. The third-order valence-corrected chi connectivity index (χ3v) is 2.15. The van der Waals surface area contributed by atoms with E-state index in [1.165, 1.54) is 5.56 Å². The molecule has 0 atom stereocenters. The summed E-state index contributed by atoms with van der Waals surface area (Å²) >= 11 is 0. The van der Waals surface area contributed by atoms with Gasteiger partial charge >= 0.3 is 0 Å². The zero-order chi connectivity index (χ0) is 10.1. The van der Waals surface area contributed by atoms with Crippen molar-refractivity contribution in [1.82, 2.24) is 9.97 Å². The third kappa shape index (κ3) is 1.53. The highest BCUT2D eigenvalue weighted by Gasteiger charge is 2.06. The van der Waals surface area contributed by atoms with Crippen LogP contribution in [0.15, 0.2) is 24.3 Å². The van der Waals surface area contributed by atoms with Gasteiger partial charge in [0.15, 0.2) is 0 Å². The van der Waals surface area contributed by atoms with Gasteiger partial charge in [-0.1, -0.05) is 29.8 Å². The highest BCUT2D eigenvalue weighted by molar-refractivity contribution is 5.55. The first kappa shape index (κ1) is 8.94. The SMILES string of the molecule is Cc1ccc(-c2nc(F)c(C)[nH]2)cc1. The van der Waals surface area contributed by atoms with Crippen molar-refractivity contribution in [3.05, 3.63) is 41.5 Å². The number of aryl methyl sites for hydroxylation is 2. The number of aromatic amines is 1. The maximum absolute atomic E-state index is 13.0. The van der Waals surface area contributed by atoms with E-state index in [0.29, 0.717) is 11.5 Å². The number of H-pyrrole nitrogens is 1. The maximum Gasteiger partial charge on any atom is 0.234 e. The Balaban J connectivity index is 2.44. The summed E-state index contributed by atoms with van der Waals surface area (Å²) in [5, 5.41) is 0. The lowest BCUT2D eigenvalue weighted by Gasteiger charge is -1.96. The number of benzene rings is 1. The number of aromatic nitrogens is 2. The molecule has 1 aromatic carbocycles. The Bertz CT molecular complexity index is 423. The number of nitrogens with one attached hydrogen (secondary N) is 1. The molecular formula is C11H11FN2. The van der Waals surface area contributed by atoms with Crippen LogP contribution in [0.1, 0.15) is 11.3 Å². The molecule has 0 aliphatic carbocycles. The topological polar surface area (TPSA) is 28.7 Å². The Hall–Kier alpha value is -1.64. The second-order valence-electron chi connectivity index (χ2n) is 3.37. The van der Waals surface area contributed by atoms with Crippen LogP contribution in [0.4, 0.5) is 4.39 Å². The first-order valence-corrected chi connectivity index (χ1v) is 4.46. The molecule has 0 bridgehead atoms. The first-order valence-electron chi connectivity index (χ1n) is 4.46. The molecule has 72 valence electrons.